The van der Waals surface area contributed by atoms with E-state index in [9.17, 15) is 4.39 Å². The van der Waals surface area contributed by atoms with E-state index in [2.05, 4.69) is 13.5 Å². The van der Waals surface area contributed by atoms with Crippen LogP contribution in [0, 0.1) is 29.4 Å². The summed E-state index contributed by atoms with van der Waals surface area (Å²) in [6, 6.07) is 6.74. The van der Waals surface area contributed by atoms with E-state index in [0.29, 0.717) is 5.39 Å². The Hall–Kier alpha value is -1.90. The maximum atomic E-state index is 15.1. The van der Waals surface area contributed by atoms with E-state index >= 15 is 4.39 Å². The number of benzene rings is 2. The van der Waals surface area contributed by atoms with Crippen molar-refractivity contribution in [1.29, 1.82) is 0 Å². The Bertz CT molecular complexity index is 921. The van der Waals surface area contributed by atoms with Crippen molar-refractivity contribution in [2.45, 2.75) is 83.5 Å². The Morgan fingerprint density at radius 2 is 1.81 bits per heavy atom. The van der Waals surface area contributed by atoms with Crippen molar-refractivity contribution in [3.63, 3.8) is 0 Å². The van der Waals surface area contributed by atoms with E-state index in [1.807, 2.05) is 12.1 Å². The van der Waals surface area contributed by atoms with E-state index < -0.39 is 5.82 Å². The fourth-order valence-electron chi connectivity index (χ4n) is 6.27. The number of unbranched alkanes of at least 4 members (excludes halogenated alkanes) is 3. The van der Waals surface area contributed by atoms with Crippen LogP contribution in [0.25, 0.3) is 10.8 Å². The van der Waals surface area contributed by atoms with Gasteiger partial charge in [0, 0.05) is 5.39 Å². The molecule has 2 fully saturated rings. The number of halogens is 2. The Labute approximate surface area is 192 Å². The van der Waals surface area contributed by atoms with Gasteiger partial charge < -0.3 is 4.74 Å². The molecule has 2 aromatic carbocycles. The number of hydrogen-bond acceptors (Lipinski definition) is 1. The Morgan fingerprint density at radius 1 is 1.00 bits per heavy atom. The summed E-state index contributed by atoms with van der Waals surface area (Å²) >= 11 is 0. The highest BCUT2D eigenvalue weighted by Crippen LogP contribution is 2.49. The average molecular weight is 441 g/mol. The van der Waals surface area contributed by atoms with Gasteiger partial charge in [-0.2, -0.15) is 0 Å². The Kier molecular flexibility index (Phi) is 7.86. The van der Waals surface area contributed by atoms with Gasteiger partial charge in [-0.3, -0.25) is 0 Å². The zero-order chi connectivity index (χ0) is 22.5. The third kappa shape index (κ3) is 5.18. The Balaban J connectivity index is 1.42. The minimum absolute atomic E-state index is 0.150. The standard InChI is InChI=1S/C29H38F2O/c1-3-5-6-7-8-20-9-10-22-17-23(12-11-21(22)16-20)25-18-24-13-14-28(32-15-4-2)29(31)26(24)19-27(25)30/h4,13-14,18-23H,2-3,5-12,15-17H2,1H3. The van der Waals surface area contributed by atoms with Crippen LogP contribution in [0.5, 0.6) is 5.75 Å². The topological polar surface area (TPSA) is 9.23 Å². The van der Waals surface area contributed by atoms with Gasteiger partial charge >= 0.3 is 0 Å². The second-order valence-corrected chi connectivity index (χ2v) is 10.1. The maximum Gasteiger partial charge on any atom is 0.172 e. The molecule has 0 amide bonds. The highest BCUT2D eigenvalue weighted by Gasteiger charge is 2.36. The molecule has 4 unspecified atom stereocenters. The second kappa shape index (κ2) is 10.8. The minimum atomic E-state index is -0.490. The number of rotatable bonds is 9. The normalized spacial score (nSPS) is 25.5. The van der Waals surface area contributed by atoms with Crippen LogP contribution >= 0.6 is 0 Å². The third-order valence-electron chi connectivity index (χ3n) is 8.02. The molecule has 0 bridgehead atoms. The van der Waals surface area contributed by atoms with E-state index in [1.165, 1.54) is 63.9 Å². The maximum absolute atomic E-state index is 15.1. The van der Waals surface area contributed by atoms with Gasteiger partial charge in [0.25, 0.3) is 0 Å². The van der Waals surface area contributed by atoms with Gasteiger partial charge in [-0.05, 0) is 84.9 Å². The summed E-state index contributed by atoms with van der Waals surface area (Å²) < 4.78 is 35.3. The first-order valence-corrected chi connectivity index (χ1v) is 12.8. The molecule has 0 radical (unpaired) electrons. The summed E-state index contributed by atoms with van der Waals surface area (Å²) in [5.74, 6) is 2.09. The molecule has 3 heteroatoms. The quantitative estimate of drug-likeness (QED) is 0.279. The van der Waals surface area contributed by atoms with Crippen LogP contribution in [0.1, 0.15) is 89.0 Å². The average Bonchev–Trinajstić information content (AvgIpc) is 2.81. The van der Waals surface area contributed by atoms with Crippen LogP contribution < -0.4 is 4.74 Å². The molecule has 4 rings (SSSR count). The predicted octanol–water partition coefficient (Wildman–Crippen LogP) is 8.95. The van der Waals surface area contributed by atoms with Gasteiger partial charge in [-0.25, -0.2) is 8.78 Å². The monoisotopic (exact) mass is 440 g/mol. The lowest BCUT2D eigenvalue weighted by molar-refractivity contribution is 0.112. The molecule has 0 aromatic heterocycles. The lowest BCUT2D eigenvalue weighted by atomic mass is 9.63. The van der Waals surface area contributed by atoms with Crippen molar-refractivity contribution in [2.24, 2.45) is 17.8 Å². The molecule has 0 heterocycles. The number of ether oxygens (including phenoxy) is 1. The van der Waals surface area contributed by atoms with Crippen molar-refractivity contribution in [3.8, 4) is 5.75 Å². The largest absolute Gasteiger partial charge is 0.486 e. The fourth-order valence-corrected chi connectivity index (χ4v) is 6.27. The van der Waals surface area contributed by atoms with Gasteiger partial charge in [0.15, 0.2) is 11.6 Å². The summed E-state index contributed by atoms with van der Waals surface area (Å²) in [5.41, 5.74) is 0.775. The third-order valence-corrected chi connectivity index (χ3v) is 8.02. The molecule has 2 aromatic rings. The van der Waals surface area contributed by atoms with Crippen LogP contribution in [-0.4, -0.2) is 6.61 Å². The number of fused-ring (bicyclic) bond motifs is 2. The van der Waals surface area contributed by atoms with Crippen molar-refractivity contribution in [3.05, 3.63) is 54.1 Å². The summed E-state index contributed by atoms with van der Waals surface area (Å²) in [7, 11) is 0. The smallest absolute Gasteiger partial charge is 0.172 e. The SMILES string of the molecule is C=CCOc1ccc2cc(C3CCC4CC(CCCCCC)CCC4C3)c(F)cc2c1F. The van der Waals surface area contributed by atoms with Crippen LogP contribution in [0.15, 0.2) is 36.9 Å². The molecule has 0 N–H and O–H groups in total. The molecule has 174 valence electrons. The van der Waals surface area contributed by atoms with Gasteiger partial charge in [-0.1, -0.05) is 64.2 Å². The number of hydrogen-bond donors (Lipinski definition) is 0. The van der Waals surface area contributed by atoms with Crippen LogP contribution in [0.3, 0.4) is 0 Å². The molecule has 1 nitrogen and oxygen atoms in total. The highest BCUT2D eigenvalue weighted by atomic mass is 19.1. The van der Waals surface area contributed by atoms with Gasteiger partial charge in [-0.15, -0.1) is 0 Å². The molecular formula is C29H38F2O. The summed E-state index contributed by atoms with van der Waals surface area (Å²) in [6.07, 6.45) is 15.8. The first kappa shape index (κ1) is 23.3. The van der Waals surface area contributed by atoms with Crippen molar-refractivity contribution < 1.29 is 13.5 Å². The zero-order valence-corrected chi connectivity index (χ0v) is 19.6. The lowest BCUT2D eigenvalue weighted by Gasteiger charge is -2.42. The summed E-state index contributed by atoms with van der Waals surface area (Å²) in [6.45, 7) is 6.09. The van der Waals surface area contributed by atoms with E-state index in [-0.39, 0.29) is 24.1 Å². The first-order valence-electron chi connectivity index (χ1n) is 12.8. The van der Waals surface area contributed by atoms with Crippen molar-refractivity contribution in [1.82, 2.24) is 0 Å². The molecule has 32 heavy (non-hydrogen) atoms. The molecule has 2 saturated carbocycles. The minimum Gasteiger partial charge on any atom is -0.486 e. The molecule has 0 saturated heterocycles. The second-order valence-electron chi connectivity index (χ2n) is 10.1. The molecule has 2 aliphatic rings. The van der Waals surface area contributed by atoms with Crippen molar-refractivity contribution >= 4 is 10.8 Å². The van der Waals surface area contributed by atoms with Crippen molar-refractivity contribution in [2.75, 3.05) is 6.61 Å². The van der Waals surface area contributed by atoms with E-state index in [1.54, 1.807) is 12.1 Å². The van der Waals surface area contributed by atoms with Crippen LogP contribution in [-0.2, 0) is 0 Å². The lowest BCUT2D eigenvalue weighted by Crippen LogP contribution is -2.30. The highest BCUT2D eigenvalue weighted by molar-refractivity contribution is 5.85. The zero-order valence-electron chi connectivity index (χ0n) is 19.6. The fraction of sp³-hybridized carbons (Fsp3) is 0.586. The molecule has 2 aliphatic carbocycles. The van der Waals surface area contributed by atoms with E-state index in [4.69, 9.17) is 4.74 Å². The molecule has 4 atom stereocenters. The predicted molar refractivity (Wildman–Crippen MR) is 129 cm³/mol. The van der Waals surface area contributed by atoms with Crippen LogP contribution in [0.2, 0.25) is 0 Å². The molecular weight excluding hydrogens is 402 g/mol. The first-order chi connectivity index (χ1) is 15.6. The van der Waals surface area contributed by atoms with Gasteiger partial charge in [0.05, 0.1) is 0 Å². The Morgan fingerprint density at radius 3 is 2.62 bits per heavy atom. The van der Waals surface area contributed by atoms with Crippen LogP contribution in [0.4, 0.5) is 8.78 Å². The van der Waals surface area contributed by atoms with Gasteiger partial charge in [0.1, 0.15) is 12.4 Å². The molecule has 0 spiro atoms. The van der Waals surface area contributed by atoms with Gasteiger partial charge in [0.2, 0.25) is 0 Å². The summed E-state index contributed by atoms with van der Waals surface area (Å²) in [4.78, 5) is 0. The molecule has 0 aliphatic heterocycles. The van der Waals surface area contributed by atoms with E-state index in [0.717, 1.165) is 41.5 Å². The summed E-state index contributed by atoms with van der Waals surface area (Å²) in [5, 5.41) is 1.05.